The van der Waals surface area contributed by atoms with Gasteiger partial charge in [0.25, 0.3) is 5.91 Å². The molecule has 1 aromatic carbocycles. The number of benzene rings is 1. The summed E-state index contributed by atoms with van der Waals surface area (Å²) >= 11 is 1.38. The van der Waals surface area contributed by atoms with Crippen LogP contribution >= 0.6 is 11.3 Å². The summed E-state index contributed by atoms with van der Waals surface area (Å²) in [4.78, 5) is 28.0. The molecular weight excluding hydrogens is 324 g/mol. The van der Waals surface area contributed by atoms with Crippen molar-refractivity contribution < 1.29 is 14.3 Å². The summed E-state index contributed by atoms with van der Waals surface area (Å²) in [5.41, 5.74) is 2.07. The molecule has 24 heavy (non-hydrogen) atoms. The average molecular weight is 346 g/mol. The Balaban J connectivity index is 1.96. The number of nitrogens with zero attached hydrogens (tertiary/aromatic N) is 1. The van der Waals surface area contributed by atoms with E-state index in [9.17, 15) is 9.59 Å². The molecule has 0 atom stereocenters. The Morgan fingerprint density at radius 3 is 2.46 bits per heavy atom. The smallest absolute Gasteiger partial charge is 0.358 e. The first-order chi connectivity index (χ1) is 11.3. The second-order valence-corrected chi connectivity index (χ2v) is 7.32. The summed E-state index contributed by atoms with van der Waals surface area (Å²) in [6.45, 7) is 7.38. The summed E-state index contributed by atoms with van der Waals surface area (Å²) in [7, 11) is 0. The molecule has 0 spiro atoms. The molecule has 5 nitrogen and oxygen atoms in total. The van der Waals surface area contributed by atoms with E-state index in [0.717, 1.165) is 17.0 Å². The number of hydrogen-bond donors (Lipinski definition) is 1. The van der Waals surface area contributed by atoms with Gasteiger partial charge in [-0.2, -0.15) is 0 Å². The fraction of sp³-hybridized carbons (Fsp3) is 0.389. The number of rotatable bonds is 5. The number of nitrogens with one attached hydrogen (secondary N) is 1. The van der Waals surface area contributed by atoms with Crippen LogP contribution in [-0.4, -0.2) is 29.0 Å². The molecule has 0 radical (unpaired) electrons. The normalized spacial score (nSPS) is 11.2. The fourth-order valence-corrected chi connectivity index (χ4v) is 2.84. The molecular formula is C18H22N2O3S. The third-order valence-electron chi connectivity index (χ3n) is 3.17. The van der Waals surface area contributed by atoms with Gasteiger partial charge in [-0.3, -0.25) is 4.79 Å². The summed E-state index contributed by atoms with van der Waals surface area (Å²) in [6.07, 6.45) is 0.979. The van der Waals surface area contributed by atoms with Gasteiger partial charge in [0.1, 0.15) is 5.01 Å². The van der Waals surface area contributed by atoms with E-state index in [1.807, 2.05) is 45.0 Å². The van der Waals surface area contributed by atoms with E-state index >= 15 is 0 Å². The van der Waals surface area contributed by atoms with E-state index in [0.29, 0.717) is 0 Å². The lowest BCUT2D eigenvalue weighted by atomic mass is 10.1. The molecule has 1 N–H and O–H groups in total. The monoisotopic (exact) mass is 346 g/mol. The Labute approximate surface area is 146 Å². The predicted molar refractivity (Wildman–Crippen MR) is 95.1 cm³/mol. The number of amides is 1. The lowest BCUT2D eigenvalue weighted by Gasteiger charge is -2.20. The topological polar surface area (TPSA) is 68.3 Å². The van der Waals surface area contributed by atoms with Gasteiger partial charge in [0.05, 0.1) is 0 Å². The predicted octanol–water partition coefficient (Wildman–Crippen LogP) is 3.44. The highest BCUT2D eigenvalue weighted by Crippen LogP contribution is 2.24. The number of hydrogen-bond acceptors (Lipinski definition) is 5. The molecule has 0 bridgehead atoms. The zero-order valence-electron chi connectivity index (χ0n) is 14.4. The lowest BCUT2D eigenvalue weighted by Crippen LogP contribution is -2.42. The van der Waals surface area contributed by atoms with Crippen molar-refractivity contribution in [3.8, 4) is 10.6 Å². The lowest BCUT2D eigenvalue weighted by molar-refractivity contribution is -0.125. The molecule has 1 aromatic heterocycles. The molecule has 0 saturated carbocycles. The van der Waals surface area contributed by atoms with Gasteiger partial charge >= 0.3 is 5.97 Å². The number of carbonyl (C=O) groups excluding carboxylic acids is 2. The second kappa shape index (κ2) is 7.57. The van der Waals surface area contributed by atoms with Crippen LogP contribution in [0.25, 0.3) is 10.6 Å². The van der Waals surface area contributed by atoms with Crippen LogP contribution in [0.5, 0.6) is 0 Å². The number of aryl methyl sites for hydroxylation is 1. The van der Waals surface area contributed by atoms with E-state index in [2.05, 4.69) is 17.2 Å². The van der Waals surface area contributed by atoms with Gasteiger partial charge in [-0.25, -0.2) is 9.78 Å². The quantitative estimate of drug-likeness (QED) is 0.842. The molecule has 128 valence electrons. The van der Waals surface area contributed by atoms with Crippen LogP contribution in [0.3, 0.4) is 0 Å². The van der Waals surface area contributed by atoms with E-state index in [1.54, 1.807) is 5.38 Å². The summed E-state index contributed by atoms with van der Waals surface area (Å²) in [5, 5.41) is 5.13. The van der Waals surface area contributed by atoms with E-state index in [4.69, 9.17) is 4.74 Å². The van der Waals surface area contributed by atoms with Crippen LogP contribution in [0, 0.1) is 0 Å². The van der Waals surface area contributed by atoms with E-state index in [-0.39, 0.29) is 23.7 Å². The van der Waals surface area contributed by atoms with Crippen LogP contribution < -0.4 is 5.32 Å². The molecule has 1 amide bonds. The van der Waals surface area contributed by atoms with Gasteiger partial charge in [0, 0.05) is 16.5 Å². The molecule has 1 heterocycles. The van der Waals surface area contributed by atoms with Gasteiger partial charge < -0.3 is 10.1 Å². The van der Waals surface area contributed by atoms with E-state index < -0.39 is 5.97 Å². The molecule has 0 saturated heterocycles. The van der Waals surface area contributed by atoms with E-state index in [1.165, 1.54) is 16.9 Å². The highest BCUT2D eigenvalue weighted by Gasteiger charge is 2.17. The minimum atomic E-state index is -0.591. The minimum Gasteiger partial charge on any atom is -0.451 e. The number of ether oxygens (including phenoxy) is 1. The maximum atomic E-state index is 12.0. The highest BCUT2D eigenvalue weighted by atomic mass is 32.1. The summed E-state index contributed by atoms with van der Waals surface area (Å²) in [5.74, 6) is -0.923. The third kappa shape index (κ3) is 5.16. The van der Waals surface area contributed by atoms with Gasteiger partial charge in [0.2, 0.25) is 0 Å². The van der Waals surface area contributed by atoms with Gasteiger partial charge in [-0.05, 0) is 32.8 Å². The zero-order chi connectivity index (χ0) is 17.7. The summed E-state index contributed by atoms with van der Waals surface area (Å²) < 4.78 is 5.01. The Morgan fingerprint density at radius 2 is 1.88 bits per heavy atom. The first-order valence-corrected chi connectivity index (χ1v) is 8.69. The Kier molecular flexibility index (Phi) is 5.72. The standard InChI is InChI=1S/C18H22N2O3S/c1-5-12-6-8-13(9-7-12)16-19-14(11-24-16)17(22)23-10-15(21)20-18(2,3)4/h6-9,11H,5,10H2,1-4H3,(H,20,21). The largest absolute Gasteiger partial charge is 0.451 e. The number of thiazole rings is 1. The number of aromatic nitrogens is 1. The van der Waals surface area contributed by atoms with Crippen LogP contribution in [0.4, 0.5) is 0 Å². The van der Waals surface area contributed by atoms with Crippen LogP contribution in [0.15, 0.2) is 29.6 Å². The van der Waals surface area contributed by atoms with Crippen LogP contribution in [-0.2, 0) is 16.0 Å². The van der Waals surface area contributed by atoms with Crippen molar-refractivity contribution >= 4 is 23.2 Å². The Morgan fingerprint density at radius 1 is 1.21 bits per heavy atom. The zero-order valence-corrected chi connectivity index (χ0v) is 15.2. The van der Waals surface area contributed by atoms with Crippen LogP contribution in [0.2, 0.25) is 0 Å². The van der Waals surface area contributed by atoms with Crippen molar-refractivity contribution in [2.24, 2.45) is 0 Å². The third-order valence-corrected chi connectivity index (χ3v) is 4.06. The minimum absolute atomic E-state index is 0.220. The molecule has 0 aliphatic rings. The molecule has 0 fully saturated rings. The fourth-order valence-electron chi connectivity index (χ4n) is 2.04. The van der Waals surface area contributed by atoms with Crippen molar-refractivity contribution in [1.29, 1.82) is 0 Å². The van der Waals surface area contributed by atoms with Gasteiger partial charge in [-0.1, -0.05) is 31.2 Å². The Hall–Kier alpha value is -2.21. The molecule has 0 unspecified atom stereocenters. The van der Waals surface area contributed by atoms with Crippen molar-refractivity contribution in [2.45, 2.75) is 39.7 Å². The van der Waals surface area contributed by atoms with Crippen molar-refractivity contribution in [3.05, 3.63) is 40.9 Å². The van der Waals surface area contributed by atoms with Crippen LogP contribution in [0.1, 0.15) is 43.7 Å². The first kappa shape index (κ1) is 18.1. The first-order valence-electron chi connectivity index (χ1n) is 7.81. The van der Waals surface area contributed by atoms with Gasteiger partial charge in [0.15, 0.2) is 12.3 Å². The molecule has 0 aliphatic carbocycles. The Bertz CT molecular complexity index is 715. The maximum absolute atomic E-state index is 12.0. The number of esters is 1. The molecule has 0 aliphatic heterocycles. The van der Waals surface area contributed by atoms with Crippen molar-refractivity contribution in [2.75, 3.05) is 6.61 Å². The average Bonchev–Trinajstić information content (AvgIpc) is 3.01. The summed E-state index contributed by atoms with van der Waals surface area (Å²) in [6, 6.07) is 8.07. The molecule has 2 rings (SSSR count). The van der Waals surface area contributed by atoms with Crippen molar-refractivity contribution in [1.82, 2.24) is 10.3 Å². The molecule has 6 heteroatoms. The maximum Gasteiger partial charge on any atom is 0.358 e. The highest BCUT2D eigenvalue weighted by molar-refractivity contribution is 7.13. The second-order valence-electron chi connectivity index (χ2n) is 6.46. The SMILES string of the molecule is CCc1ccc(-c2nc(C(=O)OCC(=O)NC(C)(C)C)cs2)cc1. The number of carbonyl (C=O) groups is 2. The van der Waals surface area contributed by atoms with Crippen molar-refractivity contribution in [3.63, 3.8) is 0 Å². The van der Waals surface area contributed by atoms with Gasteiger partial charge in [-0.15, -0.1) is 11.3 Å². The molecule has 2 aromatic rings.